The summed E-state index contributed by atoms with van der Waals surface area (Å²) in [6.45, 7) is 4.11. The molecule has 11 heavy (non-hydrogen) atoms. The van der Waals surface area contributed by atoms with Crippen LogP contribution in [-0.2, 0) is 4.79 Å². The fourth-order valence-electron chi connectivity index (χ4n) is 2.42. The molecule has 0 amide bonds. The zero-order valence-corrected chi connectivity index (χ0v) is 7.18. The van der Waals surface area contributed by atoms with Gasteiger partial charge in [-0.2, -0.15) is 0 Å². The molecule has 0 radical (unpaired) electrons. The van der Waals surface area contributed by atoms with Crippen molar-refractivity contribution in [3.8, 4) is 0 Å². The largest absolute Gasteiger partial charge is 0.294 e. The molecule has 0 N–H and O–H groups in total. The number of ketones is 1. The third-order valence-corrected chi connectivity index (χ3v) is 3.38. The van der Waals surface area contributed by atoms with Gasteiger partial charge in [-0.1, -0.05) is 5.57 Å². The molecule has 2 atom stereocenters. The Balaban J connectivity index is 2.42. The second kappa shape index (κ2) is 2.20. The van der Waals surface area contributed by atoms with E-state index in [0.717, 1.165) is 24.3 Å². The van der Waals surface area contributed by atoms with Crippen LogP contribution in [0.2, 0.25) is 0 Å². The predicted octanol–water partition coefficient (Wildman–Crippen LogP) is 2.32. The van der Waals surface area contributed by atoms with Crippen LogP contribution in [0.15, 0.2) is 11.1 Å². The van der Waals surface area contributed by atoms with Gasteiger partial charge in [-0.3, -0.25) is 4.79 Å². The molecule has 1 fully saturated rings. The van der Waals surface area contributed by atoms with E-state index in [9.17, 15) is 4.79 Å². The third kappa shape index (κ3) is 0.867. The molecule has 60 valence electrons. The first-order valence-corrected chi connectivity index (χ1v) is 4.41. The van der Waals surface area contributed by atoms with Gasteiger partial charge in [-0.15, -0.1) is 0 Å². The van der Waals surface area contributed by atoms with Gasteiger partial charge >= 0.3 is 0 Å². The van der Waals surface area contributed by atoms with Crippen molar-refractivity contribution in [3.05, 3.63) is 11.1 Å². The van der Waals surface area contributed by atoms with Crippen molar-refractivity contribution in [1.29, 1.82) is 0 Å². The number of hydrogen-bond acceptors (Lipinski definition) is 1. The van der Waals surface area contributed by atoms with E-state index in [-0.39, 0.29) is 0 Å². The van der Waals surface area contributed by atoms with Crippen molar-refractivity contribution in [1.82, 2.24) is 0 Å². The molecule has 0 aromatic heterocycles. The van der Waals surface area contributed by atoms with Crippen molar-refractivity contribution in [2.24, 2.45) is 11.8 Å². The van der Waals surface area contributed by atoms with E-state index in [1.54, 1.807) is 0 Å². The highest BCUT2D eigenvalue weighted by Gasteiger charge is 2.36. The van der Waals surface area contributed by atoms with Gasteiger partial charge in [0, 0.05) is 5.92 Å². The molecule has 0 aromatic rings. The summed E-state index contributed by atoms with van der Waals surface area (Å²) in [6, 6.07) is 0. The molecule has 1 saturated carbocycles. The van der Waals surface area contributed by atoms with E-state index in [1.165, 1.54) is 12.0 Å². The SMILES string of the molecule is CC1=C(C)C2CCC(C2)C1=O. The predicted molar refractivity (Wildman–Crippen MR) is 44.2 cm³/mol. The molecule has 2 bridgehead atoms. The summed E-state index contributed by atoms with van der Waals surface area (Å²) in [5.41, 5.74) is 2.42. The fraction of sp³-hybridized carbons (Fsp3) is 0.700. The van der Waals surface area contributed by atoms with Crippen LogP contribution in [0.3, 0.4) is 0 Å². The number of allylic oxidation sites excluding steroid dienone is 2. The van der Waals surface area contributed by atoms with Gasteiger partial charge in [-0.05, 0) is 44.6 Å². The Bertz CT molecular complexity index is 237. The van der Waals surface area contributed by atoms with Crippen LogP contribution < -0.4 is 0 Å². The fourth-order valence-corrected chi connectivity index (χ4v) is 2.42. The highest BCUT2D eigenvalue weighted by Crippen LogP contribution is 2.42. The highest BCUT2D eigenvalue weighted by molar-refractivity contribution is 5.98. The summed E-state index contributed by atoms with van der Waals surface area (Å²) in [5, 5.41) is 0. The van der Waals surface area contributed by atoms with Crippen molar-refractivity contribution in [2.75, 3.05) is 0 Å². The van der Waals surface area contributed by atoms with Gasteiger partial charge in [0.15, 0.2) is 5.78 Å². The molecular weight excluding hydrogens is 136 g/mol. The first kappa shape index (κ1) is 7.08. The van der Waals surface area contributed by atoms with Gasteiger partial charge in [0.05, 0.1) is 0 Å². The summed E-state index contributed by atoms with van der Waals surface area (Å²) in [7, 11) is 0. The topological polar surface area (TPSA) is 17.1 Å². The van der Waals surface area contributed by atoms with Crippen LogP contribution in [0, 0.1) is 11.8 Å². The van der Waals surface area contributed by atoms with Gasteiger partial charge in [-0.25, -0.2) is 0 Å². The third-order valence-electron chi connectivity index (χ3n) is 3.38. The lowest BCUT2D eigenvalue weighted by atomic mass is 9.83. The van der Waals surface area contributed by atoms with Gasteiger partial charge in [0.25, 0.3) is 0 Å². The van der Waals surface area contributed by atoms with Crippen LogP contribution in [0.25, 0.3) is 0 Å². The van der Waals surface area contributed by atoms with Crippen molar-refractivity contribution in [3.63, 3.8) is 0 Å². The lowest BCUT2D eigenvalue weighted by molar-refractivity contribution is -0.119. The van der Waals surface area contributed by atoms with E-state index >= 15 is 0 Å². The van der Waals surface area contributed by atoms with Crippen LogP contribution in [0.1, 0.15) is 33.1 Å². The Labute approximate surface area is 67.5 Å². The average Bonchev–Trinajstić information content (AvgIpc) is 2.44. The molecule has 1 nitrogen and oxygen atoms in total. The first-order chi connectivity index (χ1) is 5.20. The zero-order valence-electron chi connectivity index (χ0n) is 7.18. The van der Waals surface area contributed by atoms with Crippen LogP contribution in [0.5, 0.6) is 0 Å². The molecular formula is C10H14O. The summed E-state index contributed by atoms with van der Waals surface area (Å²) < 4.78 is 0. The first-order valence-electron chi connectivity index (χ1n) is 4.41. The maximum atomic E-state index is 11.5. The summed E-state index contributed by atoms with van der Waals surface area (Å²) in [4.78, 5) is 11.5. The number of carbonyl (C=O) groups excluding carboxylic acids is 1. The summed E-state index contributed by atoms with van der Waals surface area (Å²) in [6.07, 6.45) is 3.53. The lowest BCUT2D eigenvalue weighted by Gasteiger charge is -2.20. The minimum absolute atomic E-state index is 0.392. The Morgan fingerprint density at radius 2 is 1.82 bits per heavy atom. The van der Waals surface area contributed by atoms with E-state index in [1.807, 2.05) is 6.92 Å². The van der Waals surface area contributed by atoms with Crippen LogP contribution in [0.4, 0.5) is 0 Å². The number of rotatable bonds is 0. The normalized spacial score (nSPS) is 36.7. The molecule has 0 saturated heterocycles. The second-order valence-electron chi connectivity index (χ2n) is 3.88. The van der Waals surface area contributed by atoms with E-state index < -0.39 is 0 Å². The number of fused-ring (bicyclic) bond motifs is 2. The molecule has 2 rings (SSSR count). The summed E-state index contributed by atoms with van der Waals surface area (Å²) >= 11 is 0. The molecule has 0 spiro atoms. The molecule has 0 aromatic carbocycles. The van der Waals surface area contributed by atoms with Crippen molar-refractivity contribution >= 4 is 5.78 Å². The molecule has 1 heteroatoms. The smallest absolute Gasteiger partial charge is 0.161 e. The minimum atomic E-state index is 0.392. The van der Waals surface area contributed by atoms with Crippen LogP contribution in [-0.4, -0.2) is 5.78 Å². The minimum Gasteiger partial charge on any atom is -0.294 e. The lowest BCUT2D eigenvalue weighted by Crippen LogP contribution is -2.19. The van der Waals surface area contributed by atoms with Gasteiger partial charge < -0.3 is 0 Å². The number of hydrogen-bond donors (Lipinski definition) is 0. The average molecular weight is 150 g/mol. The maximum absolute atomic E-state index is 11.5. The number of carbonyl (C=O) groups is 1. The van der Waals surface area contributed by atoms with Crippen molar-refractivity contribution in [2.45, 2.75) is 33.1 Å². The Morgan fingerprint density at radius 3 is 2.55 bits per heavy atom. The Kier molecular flexibility index (Phi) is 1.41. The maximum Gasteiger partial charge on any atom is 0.161 e. The van der Waals surface area contributed by atoms with E-state index in [2.05, 4.69) is 6.92 Å². The molecule has 0 aliphatic heterocycles. The van der Waals surface area contributed by atoms with Crippen LogP contribution >= 0.6 is 0 Å². The molecule has 2 aliphatic rings. The van der Waals surface area contributed by atoms with Gasteiger partial charge in [0.1, 0.15) is 0 Å². The number of Topliss-reactive ketones (excluding diaryl/α,β-unsaturated/α-hetero) is 1. The molecule has 2 aliphatic carbocycles. The second-order valence-corrected chi connectivity index (χ2v) is 3.88. The molecule has 2 unspecified atom stereocenters. The standard InChI is InChI=1S/C10H14O/c1-6-7(2)10(11)9-4-3-8(6)5-9/h8-9H,3-5H2,1-2H3. The Morgan fingerprint density at radius 1 is 1.18 bits per heavy atom. The zero-order chi connectivity index (χ0) is 8.01. The summed E-state index contributed by atoms with van der Waals surface area (Å²) in [5.74, 6) is 1.57. The van der Waals surface area contributed by atoms with E-state index in [4.69, 9.17) is 0 Å². The highest BCUT2D eigenvalue weighted by atomic mass is 16.1. The van der Waals surface area contributed by atoms with E-state index in [0.29, 0.717) is 11.7 Å². The van der Waals surface area contributed by atoms with Crippen molar-refractivity contribution < 1.29 is 4.79 Å². The van der Waals surface area contributed by atoms with Gasteiger partial charge in [0.2, 0.25) is 0 Å². The quantitative estimate of drug-likeness (QED) is 0.518. The monoisotopic (exact) mass is 150 g/mol. The molecule has 0 heterocycles. The Hall–Kier alpha value is -0.590.